The van der Waals surface area contributed by atoms with Gasteiger partial charge in [-0.05, 0) is 39.0 Å². The number of pyridine rings is 1. The molecule has 3 heterocycles. The van der Waals surface area contributed by atoms with Gasteiger partial charge in [-0.15, -0.1) is 10.2 Å². The minimum Gasteiger partial charge on any atom is -0.466 e. The Balaban J connectivity index is 1.57. The van der Waals surface area contributed by atoms with Crippen molar-refractivity contribution in [2.24, 2.45) is 0 Å². The summed E-state index contributed by atoms with van der Waals surface area (Å²) in [4.78, 5) is 12.0. The minimum atomic E-state index is -1.22. The van der Waals surface area contributed by atoms with Crippen LogP contribution in [0, 0.1) is 13.8 Å². The number of carbonyl (C=O) groups excluding carboxylic acids is 1. The summed E-state index contributed by atoms with van der Waals surface area (Å²) < 4.78 is 7.24. The molecule has 0 saturated carbocycles. The molecule has 0 radical (unpaired) electrons. The van der Waals surface area contributed by atoms with Crippen molar-refractivity contribution in [1.29, 1.82) is 0 Å². The molecule has 25 heavy (non-hydrogen) atoms. The van der Waals surface area contributed by atoms with Crippen molar-refractivity contribution >= 4 is 11.7 Å². The standard InChI is InChI=1S/C17H21N5O3/c1-11-8-13(12(2)25-11)17(3,24)10-19-16(23)18-9-15-21-20-14-6-4-5-7-22(14)15/h4-8,24H,9-10H2,1-3H3,(H2,18,19,23). The summed E-state index contributed by atoms with van der Waals surface area (Å²) in [6.07, 6.45) is 1.83. The normalized spacial score (nSPS) is 13.6. The fourth-order valence-corrected chi connectivity index (χ4v) is 2.75. The Bertz CT molecular complexity index is 897. The summed E-state index contributed by atoms with van der Waals surface area (Å²) >= 11 is 0. The van der Waals surface area contributed by atoms with Crippen molar-refractivity contribution in [3.05, 3.63) is 53.4 Å². The zero-order valence-corrected chi connectivity index (χ0v) is 14.4. The van der Waals surface area contributed by atoms with Gasteiger partial charge in [0.05, 0.1) is 13.1 Å². The highest BCUT2D eigenvalue weighted by atomic mass is 16.3. The zero-order valence-electron chi connectivity index (χ0n) is 14.4. The van der Waals surface area contributed by atoms with Crippen LogP contribution in [0.5, 0.6) is 0 Å². The molecule has 0 aliphatic carbocycles. The average Bonchev–Trinajstić information content (AvgIpc) is 3.14. The lowest BCUT2D eigenvalue weighted by molar-refractivity contribution is 0.0579. The van der Waals surface area contributed by atoms with Crippen LogP contribution in [-0.4, -0.2) is 32.3 Å². The second-order valence-electron chi connectivity index (χ2n) is 6.18. The van der Waals surface area contributed by atoms with E-state index in [1.165, 1.54) is 0 Å². The van der Waals surface area contributed by atoms with Gasteiger partial charge >= 0.3 is 6.03 Å². The van der Waals surface area contributed by atoms with Crippen LogP contribution < -0.4 is 10.6 Å². The van der Waals surface area contributed by atoms with E-state index in [0.29, 0.717) is 22.8 Å². The lowest BCUT2D eigenvalue weighted by atomic mass is 9.96. The molecule has 0 spiro atoms. The van der Waals surface area contributed by atoms with Gasteiger partial charge in [0.1, 0.15) is 17.1 Å². The highest BCUT2D eigenvalue weighted by Gasteiger charge is 2.28. The summed E-state index contributed by atoms with van der Waals surface area (Å²) in [5.41, 5.74) is 0.156. The molecule has 8 heteroatoms. The first kappa shape index (κ1) is 17.0. The third kappa shape index (κ3) is 3.63. The van der Waals surface area contributed by atoms with Gasteiger partial charge in [-0.1, -0.05) is 6.07 Å². The molecular formula is C17H21N5O3. The fraction of sp³-hybridized carbons (Fsp3) is 0.353. The predicted molar refractivity (Wildman–Crippen MR) is 91.0 cm³/mol. The molecular weight excluding hydrogens is 322 g/mol. The summed E-state index contributed by atoms with van der Waals surface area (Å²) in [7, 11) is 0. The summed E-state index contributed by atoms with van der Waals surface area (Å²) in [6, 6.07) is 6.95. The molecule has 0 saturated heterocycles. The van der Waals surface area contributed by atoms with E-state index in [-0.39, 0.29) is 13.1 Å². The van der Waals surface area contributed by atoms with Crippen LogP contribution in [0.25, 0.3) is 5.65 Å². The number of hydrogen-bond donors (Lipinski definition) is 3. The van der Waals surface area contributed by atoms with E-state index < -0.39 is 11.6 Å². The molecule has 3 aromatic heterocycles. The zero-order chi connectivity index (χ0) is 18.0. The number of amides is 2. The average molecular weight is 343 g/mol. The van der Waals surface area contributed by atoms with E-state index in [0.717, 1.165) is 5.76 Å². The molecule has 1 atom stereocenters. The van der Waals surface area contributed by atoms with Gasteiger partial charge in [0.15, 0.2) is 11.5 Å². The van der Waals surface area contributed by atoms with Crippen molar-refractivity contribution in [2.45, 2.75) is 32.9 Å². The molecule has 0 fully saturated rings. The molecule has 0 aliphatic heterocycles. The second kappa shape index (κ2) is 6.56. The van der Waals surface area contributed by atoms with Crippen LogP contribution in [0.2, 0.25) is 0 Å². The van der Waals surface area contributed by atoms with Crippen LogP contribution in [0.15, 0.2) is 34.9 Å². The van der Waals surface area contributed by atoms with E-state index in [4.69, 9.17) is 4.42 Å². The fourth-order valence-electron chi connectivity index (χ4n) is 2.75. The second-order valence-corrected chi connectivity index (χ2v) is 6.18. The van der Waals surface area contributed by atoms with E-state index in [1.54, 1.807) is 24.3 Å². The number of carbonyl (C=O) groups is 1. The molecule has 8 nitrogen and oxygen atoms in total. The maximum atomic E-state index is 12.0. The Hall–Kier alpha value is -2.87. The Morgan fingerprint density at radius 2 is 2.12 bits per heavy atom. The summed E-state index contributed by atoms with van der Waals surface area (Å²) in [6.45, 7) is 5.52. The van der Waals surface area contributed by atoms with Gasteiger partial charge in [0.25, 0.3) is 0 Å². The maximum Gasteiger partial charge on any atom is 0.315 e. The lowest BCUT2D eigenvalue weighted by Gasteiger charge is -2.23. The van der Waals surface area contributed by atoms with E-state index >= 15 is 0 Å². The van der Waals surface area contributed by atoms with Gasteiger partial charge in [0, 0.05) is 11.8 Å². The van der Waals surface area contributed by atoms with Crippen LogP contribution in [0.4, 0.5) is 4.79 Å². The third-order valence-electron chi connectivity index (χ3n) is 4.01. The SMILES string of the molecule is Cc1cc(C(C)(O)CNC(=O)NCc2nnc3ccccn23)c(C)o1. The van der Waals surface area contributed by atoms with Crippen molar-refractivity contribution in [2.75, 3.05) is 6.54 Å². The number of aliphatic hydroxyl groups is 1. The number of hydrogen-bond acceptors (Lipinski definition) is 5. The number of nitrogens with zero attached hydrogens (tertiary/aromatic N) is 3. The van der Waals surface area contributed by atoms with Crippen molar-refractivity contribution in [1.82, 2.24) is 25.2 Å². The largest absolute Gasteiger partial charge is 0.466 e. The van der Waals surface area contributed by atoms with Crippen LogP contribution in [-0.2, 0) is 12.1 Å². The number of fused-ring (bicyclic) bond motifs is 1. The molecule has 0 aliphatic rings. The van der Waals surface area contributed by atoms with Gasteiger partial charge in [-0.3, -0.25) is 4.40 Å². The van der Waals surface area contributed by atoms with Crippen molar-refractivity contribution in [3.63, 3.8) is 0 Å². The monoisotopic (exact) mass is 343 g/mol. The van der Waals surface area contributed by atoms with Crippen molar-refractivity contribution in [3.8, 4) is 0 Å². The molecule has 3 N–H and O–H groups in total. The first-order valence-corrected chi connectivity index (χ1v) is 7.97. The van der Waals surface area contributed by atoms with Crippen LogP contribution in [0.1, 0.15) is 29.8 Å². The number of urea groups is 1. The van der Waals surface area contributed by atoms with E-state index in [9.17, 15) is 9.90 Å². The molecule has 3 rings (SSSR count). The molecule has 1 unspecified atom stereocenters. The van der Waals surface area contributed by atoms with E-state index in [1.807, 2.05) is 31.3 Å². The summed E-state index contributed by atoms with van der Waals surface area (Å²) in [5.74, 6) is 1.98. The third-order valence-corrected chi connectivity index (χ3v) is 4.01. The van der Waals surface area contributed by atoms with E-state index in [2.05, 4.69) is 20.8 Å². The number of furan rings is 1. The maximum absolute atomic E-state index is 12.0. The summed E-state index contributed by atoms with van der Waals surface area (Å²) in [5, 5.41) is 24.0. The van der Waals surface area contributed by atoms with Crippen LogP contribution in [0.3, 0.4) is 0 Å². The molecule has 2 amide bonds. The first-order chi connectivity index (χ1) is 11.9. The number of nitrogens with one attached hydrogen (secondary N) is 2. The quantitative estimate of drug-likeness (QED) is 0.653. The van der Waals surface area contributed by atoms with Crippen molar-refractivity contribution < 1.29 is 14.3 Å². The first-order valence-electron chi connectivity index (χ1n) is 7.97. The topological polar surface area (TPSA) is 105 Å². The Morgan fingerprint density at radius 3 is 2.84 bits per heavy atom. The number of aryl methyl sites for hydroxylation is 2. The molecule has 0 aromatic carbocycles. The number of aromatic nitrogens is 3. The Morgan fingerprint density at radius 1 is 1.32 bits per heavy atom. The van der Waals surface area contributed by atoms with Gasteiger partial charge < -0.3 is 20.2 Å². The minimum absolute atomic E-state index is 0.0548. The smallest absolute Gasteiger partial charge is 0.315 e. The lowest BCUT2D eigenvalue weighted by Crippen LogP contribution is -2.43. The van der Waals surface area contributed by atoms with Gasteiger partial charge in [0.2, 0.25) is 0 Å². The molecule has 132 valence electrons. The molecule has 0 bridgehead atoms. The number of rotatable bonds is 5. The Kier molecular flexibility index (Phi) is 4.45. The highest BCUT2D eigenvalue weighted by Crippen LogP contribution is 2.26. The highest BCUT2D eigenvalue weighted by molar-refractivity contribution is 5.73. The van der Waals surface area contributed by atoms with Crippen LogP contribution >= 0.6 is 0 Å². The molecule has 3 aromatic rings. The van der Waals surface area contributed by atoms with Gasteiger partial charge in [-0.25, -0.2) is 4.79 Å². The predicted octanol–water partition coefficient (Wildman–Crippen LogP) is 1.65. The Labute approximate surface area is 144 Å². The van der Waals surface area contributed by atoms with Gasteiger partial charge in [-0.2, -0.15) is 0 Å².